The Morgan fingerprint density at radius 2 is 0.970 bits per heavy atom. The van der Waals surface area contributed by atoms with E-state index in [2.05, 4.69) is 20.8 Å². The third kappa shape index (κ3) is 16.2. The molecule has 4 heteroatoms. The Morgan fingerprint density at radius 1 is 0.606 bits per heavy atom. The van der Waals surface area contributed by atoms with Gasteiger partial charge in [-0.05, 0) is 44.4 Å². The summed E-state index contributed by atoms with van der Waals surface area (Å²) in [5.41, 5.74) is 0. The van der Waals surface area contributed by atoms with Gasteiger partial charge >= 0.3 is 11.9 Å². The van der Waals surface area contributed by atoms with E-state index in [-0.39, 0.29) is 23.8 Å². The van der Waals surface area contributed by atoms with Crippen molar-refractivity contribution >= 4 is 11.9 Å². The highest BCUT2D eigenvalue weighted by Crippen LogP contribution is 2.30. The molecule has 0 spiro atoms. The Morgan fingerprint density at radius 3 is 1.36 bits per heavy atom. The highest BCUT2D eigenvalue weighted by atomic mass is 16.5. The third-order valence-electron chi connectivity index (χ3n) is 7.06. The van der Waals surface area contributed by atoms with Crippen molar-refractivity contribution in [2.24, 2.45) is 17.8 Å². The van der Waals surface area contributed by atoms with Crippen LogP contribution >= 0.6 is 0 Å². The molecular weight excluding hydrogens is 412 g/mol. The van der Waals surface area contributed by atoms with Gasteiger partial charge in [0.2, 0.25) is 0 Å². The Labute approximate surface area is 205 Å². The fourth-order valence-corrected chi connectivity index (χ4v) is 4.74. The summed E-state index contributed by atoms with van der Waals surface area (Å²) >= 11 is 0. The van der Waals surface area contributed by atoms with Crippen molar-refractivity contribution in [3.63, 3.8) is 0 Å². The van der Waals surface area contributed by atoms with Crippen molar-refractivity contribution in [3.05, 3.63) is 0 Å². The van der Waals surface area contributed by atoms with E-state index in [0.717, 1.165) is 57.3 Å². The Kier molecular flexibility index (Phi) is 18.5. The highest BCUT2D eigenvalue weighted by Gasteiger charge is 2.31. The van der Waals surface area contributed by atoms with Crippen LogP contribution in [0.25, 0.3) is 0 Å². The SMILES string of the molecule is CCCCCCCCCCOC(=O)C1CCC(C(=O)OCCCCCCCCC(C)C)CC1. The summed E-state index contributed by atoms with van der Waals surface area (Å²) in [6.45, 7) is 7.90. The average molecular weight is 467 g/mol. The average Bonchev–Trinajstić information content (AvgIpc) is 2.81. The van der Waals surface area contributed by atoms with Gasteiger partial charge < -0.3 is 9.47 Å². The molecular formula is C29H54O4. The summed E-state index contributed by atoms with van der Waals surface area (Å²) in [5, 5.41) is 0. The second-order valence-electron chi connectivity index (χ2n) is 10.7. The summed E-state index contributed by atoms with van der Waals surface area (Å²) < 4.78 is 11.0. The van der Waals surface area contributed by atoms with Gasteiger partial charge in [-0.3, -0.25) is 9.59 Å². The number of carbonyl (C=O) groups excluding carboxylic acids is 2. The summed E-state index contributed by atoms with van der Waals surface area (Å²) in [6, 6.07) is 0. The van der Waals surface area contributed by atoms with E-state index in [1.807, 2.05) is 0 Å². The van der Waals surface area contributed by atoms with Crippen molar-refractivity contribution in [2.75, 3.05) is 13.2 Å². The predicted octanol–water partition coefficient (Wildman–Crippen LogP) is 8.41. The molecule has 1 aliphatic rings. The number of esters is 2. The second-order valence-corrected chi connectivity index (χ2v) is 10.7. The Bertz CT molecular complexity index is 480. The first-order valence-electron chi connectivity index (χ1n) is 14.4. The molecule has 0 saturated heterocycles. The van der Waals surface area contributed by atoms with Gasteiger partial charge in [0.25, 0.3) is 0 Å². The lowest BCUT2D eigenvalue weighted by molar-refractivity contribution is -0.155. The molecule has 0 amide bonds. The van der Waals surface area contributed by atoms with Gasteiger partial charge in [0, 0.05) is 0 Å². The van der Waals surface area contributed by atoms with Gasteiger partial charge in [0.1, 0.15) is 0 Å². The van der Waals surface area contributed by atoms with Gasteiger partial charge in [-0.15, -0.1) is 0 Å². The molecule has 1 saturated carbocycles. The number of unbranched alkanes of at least 4 members (excludes halogenated alkanes) is 12. The minimum absolute atomic E-state index is 0.0289. The molecule has 0 aromatic heterocycles. The van der Waals surface area contributed by atoms with Gasteiger partial charge in [0.05, 0.1) is 25.0 Å². The molecule has 0 heterocycles. The van der Waals surface area contributed by atoms with Gasteiger partial charge in [0.15, 0.2) is 0 Å². The molecule has 1 fully saturated rings. The smallest absolute Gasteiger partial charge is 0.308 e. The molecule has 1 rings (SSSR count). The lowest BCUT2D eigenvalue weighted by atomic mass is 9.82. The minimum Gasteiger partial charge on any atom is -0.465 e. The van der Waals surface area contributed by atoms with Crippen molar-refractivity contribution < 1.29 is 19.1 Å². The number of hydrogen-bond acceptors (Lipinski definition) is 4. The topological polar surface area (TPSA) is 52.6 Å². The van der Waals surface area contributed by atoms with Crippen LogP contribution in [0.3, 0.4) is 0 Å². The van der Waals surface area contributed by atoms with E-state index in [9.17, 15) is 9.59 Å². The van der Waals surface area contributed by atoms with Crippen LogP contribution in [0.15, 0.2) is 0 Å². The van der Waals surface area contributed by atoms with Crippen LogP contribution in [0.2, 0.25) is 0 Å². The molecule has 0 aromatic rings. The van der Waals surface area contributed by atoms with Crippen molar-refractivity contribution in [3.8, 4) is 0 Å². The van der Waals surface area contributed by atoms with E-state index in [1.54, 1.807) is 0 Å². The number of hydrogen-bond donors (Lipinski definition) is 0. The zero-order chi connectivity index (χ0) is 24.2. The first kappa shape index (κ1) is 30.0. The fourth-order valence-electron chi connectivity index (χ4n) is 4.74. The third-order valence-corrected chi connectivity index (χ3v) is 7.06. The zero-order valence-corrected chi connectivity index (χ0v) is 22.2. The predicted molar refractivity (Wildman–Crippen MR) is 137 cm³/mol. The van der Waals surface area contributed by atoms with E-state index in [0.29, 0.717) is 13.2 Å². The second kappa shape index (κ2) is 20.3. The van der Waals surface area contributed by atoms with E-state index in [1.165, 1.54) is 70.6 Å². The fraction of sp³-hybridized carbons (Fsp3) is 0.931. The van der Waals surface area contributed by atoms with Crippen LogP contribution < -0.4 is 0 Å². The largest absolute Gasteiger partial charge is 0.465 e. The number of ether oxygens (including phenoxy) is 2. The number of carbonyl (C=O) groups is 2. The molecule has 0 radical (unpaired) electrons. The lowest BCUT2D eigenvalue weighted by Gasteiger charge is -2.26. The number of rotatable bonds is 20. The van der Waals surface area contributed by atoms with Crippen LogP contribution in [0.1, 0.15) is 143 Å². The Hall–Kier alpha value is -1.06. The molecule has 33 heavy (non-hydrogen) atoms. The molecule has 0 aliphatic heterocycles. The van der Waals surface area contributed by atoms with E-state index in [4.69, 9.17) is 9.47 Å². The van der Waals surface area contributed by atoms with Crippen molar-refractivity contribution in [1.82, 2.24) is 0 Å². The molecule has 4 nitrogen and oxygen atoms in total. The van der Waals surface area contributed by atoms with E-state index >= 15 is 0 Å². The minimum atomic E-state index is -0.0577. The standard InChI is InChI=1S/C29H54O4/c1-4-5-6-7-8-10-13-16-23-32-28(30)26-19-21-27(22-20-26)29(31)33-24-17-14-11-9-12-15-18-25(2)3/h25-27H,4-24H2,1-3H3. The van der Waals surface area contributed by atoms with Crippen molar-refractivity contribution in [1.29, 1.82) is 0 Å². The molecule has 194 valence electrons. The first-order chi connectivity index (χ1) is 16.0. The van der Waals surface area contributed by atoms with Crippen LogP contribution in [0.5, 0.6) is 0 Å². The summed E-state index contributed by atoms with van der Waals surface area (Å²) in [5.74, 6) is 0.636. The maximum Gasteiger partial charge on any atom is 0.308 e. The summed E-state index contributed by atoms with van der Waals surface area (Å²) in [4.78, 5) is 24.6. The van der Waals surface area contributed by atoms with Crippen LogP contribution in [0.4, 0.5) is 0 Å². The van der Waals surface area contributed by atoms with Gasteiger partial charge in [-0.1, -0.05) is 104 Å². The molecule has 0 unspecified atom stereocenters. The van der Waals surface area contributed by atoms with Gasteiger partial charge in [-0.2, -0.15) is 0 Å². The maximum absolute atomic E-state index is 12.3. The molecule has 1 aliphatic carbocycles. The van der Waals surface area contributed by atoms with Gasteiger partial charge in [-0.25, -0.2) is 0 Å². The van der Waals surface area contributed by atoms with E-state index < -0.39 is 0 Å². The van der Waals surface area contributed by atoms with Crippen LogP contribution in [0, 0.1) is 17.8 Å². The van der Waals surface area contributed by atoms with Crippen molar-refractivity contribution in [2.45, 2.75) is 143 Å². The normalized spacial score (nSPS) is 18.4. The summed E-state index contributed by atoms with van der Waals surface area (Å²) in [7, 11) is 0. The monoisotopic (exact) mass is 466 g/mol. The Balaban J connectivity index is 1.97. The molecule has 0 bridgehead atoms. The molecule has 0 atom stereocenters. The quantitative estimate of drug-likeness (QED) is 0.133. The van der Waals surface area contributed by atoms with Crippen LogP contribution in [-0.4, -0.2) is 25.2 Å². The lowest BCUT2D eigenvalue weighted by Crippen LogP contribution is -2.28. The molecule has 0 aromatic carbocycles. The summed E-state index contributed by atoms with van der Waals surface area (Å²) in [6.07, 6.45) is 21.6. The molecule has 0 N–H and O–H groups in total. The zero-order valence-electron chi connectivity index (χ0n) is 22.2. The maximum atomic E-state index is 12.3. The van der Waals surface area contributed by atoms with Crippen LogP contribution in [-0.2, 0) is 19.1 Å². The highest BCUT2D eigenvalue weighted by molar-refractivity contribution is 5.75. The first-order valence-corrected chi connectivity index (χ1v) is 14.4.